The maximum Gasteiger partial charge on any atom is 0.178 e. The van der Waals surface area contributed by atoms with Crippen molar-refractivity contribution in [3.05, 3.63) is 0 Å². The third-order valence-electron chi connectivity index (χ3n) is 2.33. The van der Waals surface area contributed by atoms with Crippen molar-refractivity contribution >= 4 is 34.7 Å². The Morgan fingerprint density at radius 3 is 1.53 bits per heavy atom. The lowest BCUT2D eigenvalue weighted by Crippen LogP contribution is -2.45. The van der Waals surface area contributed by atoms with Gasteiger partial charge in [0.05, 0.1) is 0 Å². The summed E-state index contributed by atoms with van der Waals surface area (Å²) in [6.07, 6.45) is 7.44. The Kier molecular flexibility index (Phi) is 16.7. The quantitative estimate of drug-likeness (QED) is 0.292. The molecule has 0 rings (SSSR count). The molecule has 0 aliphatic heterocycles. The van der Waals surface area contributed by atoms with E-state index in [0.717, 1.165) is 13.1 Å². The number of hydrogen-bond donors (Lipinski definition) is 4. The van der Waals surface area contributed by atoms with E-state index in [0.29, 0.717) is 5.11 Å². The van der Waals surface area contributed by atoms with Crippen molar-refractivity contribution in [3.63, 3.8) is 0 Å². The van der Waals surface area contributed by atoms with Crippen LogP contribution in [0.15, 0.2) is 0 Å². The zero-order chi connectivity index (χ0) is 15.1. The molecule has 5 nitrogen and oxygen atoms in total. The van der Waals surface area contributed by atoms with E-state index in [4.69, 9.17) is 18.0 Å². The zero-order valence-corrected chi connectivity index (χ0v) is 13.8. The fourth-order valence-electron chi connectivity index (χ4n) is 1.48. The number of nitrogens with two attached hydrogens (primary N) is 3. The van der Waals surface area contributed by atoms with Gasteiger partial charge in [-0.15, -0.1) is 0 Å². The van der Waals surface area contributed by atoms with Crippen LogP contribution in [0.3, 0.4) is 0 Å². The summed E-state index contributed by atoms with van der Waals surface area (Å²) >= 11 is 8.95. The first kappa shape index (κ1) is 20.7. The standard InChI is InChI=1S/C11H25N3S.CH4N2S/c1-3-5-7-9-14(13-11(12)15)10-8-6-4-2;2-1(3)4/h3-10H2,1-2H3,(H3,12,13,15);(H4,2,3,4). The molecule has 0 atom stereocenters. The third-order valence-corrected chi connectivity index (χ3v) is 2.42. The maximum atomic E-state index is 5.48. The Hall–Kier alpha value is -0.660. The first-order valence-corrected chi connectivity index (χ1v) is 7.61. The summed E-state index contributed by atoms with van der Waals surface area (Å²) in [7, 11) is 0. The molecule has 0 radical (unpaired) electrons. The van der Waals surface area contributed by atoms with Gasteiger partial charge in [0.15, 0.2) is 10.2 Å². The monoisotopic (exact) mass is 307 g/mol. The van der Waals surface area contributed by atoms with Gasteiger partial charge in [0.1, 0.15) is 0 Å². The van der Waals surface area contributed by atoms with Crippen LogP contribution >= 0.6 is 24.4 Å². The Bertz CT molecular complexity index is 222. The molecular formula is C12H29N5S2. The highest BCUT2D eigenvalue weighted by molar-refractivity contribution is 7.80. The molecule has 19 heavy (non-hydrogen) atoms. The SMILES string of the molecule is CCCCCN(CCCCC)NC(N)=S.NC(N)=S. The highest BCUT2D eigenvalue weighted by atomic mass is 32.1. The van der Waals surface area contributed by atoms with Crippen LogP contribution in [0.2, 0.25) is 0 Å². The predicted octanol–water partition coefficient (Wildman–Crippen LogP) is 1.61. The molecule has 0 unspecified atom stereocenters. The molecule has 7 N–H and O–H groups in total. The van der Waals surface area contributed by atoms with Crippen LogP contribution in [-0.2, 0) is 0 Å². The first-order valence-electron chi connectivity index (χ1n) is 6.79. The second kappa shape index (κ2) is 15.4. The first-order chi connectivity index (χ1) is 8.93. The fourth-order valence-corrected chi connectivity index (χ4v) is 1.61. The normalized spacial score (nSPS) is 9.63. The van der Waals surface area contributed by atoms with Gasteiger partial charge in [-0.3, -0.25) is 5.43 Å². The Balaban J connectivity index is 0. The van der Waals surface area contributed by atoms with Crippen molar-refractivity contribution in [2.45, 2.75) is 52.4 Å². The Labute approximate surface area is 128 Å². The van der Waals surface area contributed by atoms with Crippen molar-refractivity contribution in [1.82, 2.24) is 10.4 Å². The third kappa shape index (κ3) is 22.9. The lowest BCUT2D eigenvalue weighted by atomic mass is 10.2. The molecule has 0 amide bonds. The molecule has 0 aromatic carbocycles. The summed E-state index contributed by atoms with van der Waals surface area (Å²) < 4.78 is 0. The van der Waals surface area contributed by atoms with E-state index in [1.807, 2.05) is 0 Å². The van der Waals surface area contributed by atoms with Crippen LogP contribution in [0.5, 0.6) is 0 Å². The minimum Gasteiger partial charge on any atom is -0.377 e. The van der Waals surface area contributed by atoms with Crippen molar-refractivity contribution < 1.29 is 0 Å². The number of rotatable bonds is 9. The van der Waals surface area contributed by atoms with Gasteiger partial charge in [0.25, 0.3) is 0 Å². The summed E-state index contributed by atoms with van der Waals surface area (Å²) in [5.74, 6) is 0. The summed E-state index contributed by atoms with van der Waals surface area (Å²) in [4.78, 5) is 0. The molecule has 0 saturated carbocycles. The minimum atomic E-state index is 0.000000000000000222. The smallest absolute Gasteiger partial charge is 0.178 e. The average molecular weight is 308 g/mol. The van der Waals surface area contributed by atoms with Crippen molar-refractivity contribution in [2.24, 2.45) is 17.2 Å². The molecule has 0 saturated heterocycles. The molecule has 0 aromatic rings. The lowest BCUT2D eigenvalue weighted by Gasteiger charge is -2.23. The number of unbranched alkanes of at least 4 members (excludes halogenated alkanes) is 4. The van der Waals surface area contributed by atoms with E-state index in [-0.39, 0.29) is 5.11 Å². The highest BCUT2D eigenvalue weighted by Gasteiger charge is 2.03. The second-order valence-electron chi connectivity index (χ2n) is 4.28. The number of nitrogens with zero attached hydrogens (tertiary/aromatic N) is 1. The summed E-state index contributed by atoms with van der Waals surface area (Å²) in [6.45, 7) is 6.49. The molecule has 0 aromatic heterocycles. The fraction of sp³-hybridized carbons (Fsp3) is 0.833. The molecule has 114 valence electrons. The van der Waals surface area contributed by atoms with Crippen molar-refractivity contribution in [3.8, 4) is 0 Å². The van der Waals surface area contributed by atoms with Gasteiger partial charge in [-0.05, 0) is 37.3 Å². The predicted molar refractivity (Wildman–Crippen MR) is 91.5 cm³/mol. The summed E-state index contributed by atoms with van der Waals surface area (Å²) in [6, 6.07) is 0. The van der Waals surface area contributed by atoms with Crippen LogP contribution in [0.4, 0.5) is 0 Å². The van der Waals surface area contributed by atoms with Crippen LogP contribution in [0.1, 0.15) is 52.4 Å². The van der Waals surface area contributed by atoms with Gasteiger partial charge < -0.3 is 17.2 Å². The van der Waals surface area contributed by atoms with E-state index >= 15 is 0 Å². The van der Waals surface area contributed by atoms with Gasteiger partial charge in [0, 0.05) is 13.1 Å². The van der Waals surface area contributed by atoms with Crippen LogP contribution in [-0.4, -0.2) is 28.3 Å². The number of hydrogen-bond acceptors (Lipinski definition) is 3. The second-order valence-corrected chi connectivity index (χ2v) is 5.19. The Morgan fingerprint density at radius 1 is 0.895 bits per heavy atom. The van der Waals surface area contributed by atoms with Gasteiger partial charge in [0.2, 0.25) is 0 Å². The van der Waals surface area contributed by atoms with Crippen LogP contribution < -0.4 is 22.6 Å². The van der Waals surface area contributed by atoms with E-state index in [2.05, 4.69) is 48.0 Å². The molecule has 7 heteroatoms. The van der Waals surface area contributed by atoms with Crippen LogP contribution in [0.25, 0.3) is 0 Å². The van der Waals surface area contributed by atoms with Crippen LogP contribution in [0, 0.1) is 0 Å². The van der Waals surface area contributed by atoms with Crippen molar-refractivity contribution in [2.75, 3.05) is 13.1 Å². The minimum absolute atomic E-state index is 0.000000000000000222. The molecule has 0 aliphatic rings. The number of nitrogens with one attached hydrogen (secondary N) is 1. The zero-order valence-electron chi connectivity index (χ0n) is 12.2. The average Bonchev–Trinajstić information content (AvgIpc) is 2.28. The Morgan fingerprint density at radius 2 is 1.26 bits per heavy atom. The van der Waals surface area contributed by atoms with Gasteiger partial charge in [-0.25, -0.2) is 5.01 Å². The largest absolute Gasteiger partial charge is 0.377 e. The topological polar surface area (TPSA) is 93.3 Å². The lowest BCUT2D eigenvalue weighted by molar-refractivity contribution is 0.225. The molecular weight excluding hydrogens is 278 g/mol. The molecule has 0 bridgehead atoms. The van der Waals surface area contributed by atoms with E-state index in [1.54, 1.807) is 0 Å². The van der Waals surface area contributed by atoms with Gasteiger partial charge in [-0.1, -0.05) is 39.5 Å². The molecule has 0 aliphatic carbocycles. The van der Waals surface area contributed by atoms with E-state index < -0.39 is 0 Å². The molecule has 0 spiro atoms. The maximum absolute atomic E-state index is 5.48. The van der Waals surface area contributed by atoms with E-state index in [1.165, 1.54) is 38.5 Å². The highest BCUT2D eigenvalue weighted by Crippen LogP contribution is 2.00. The number of hydrazine groups is 1. The summed E-state index contributed by atoms with van der Waals surface area (Å²) in [5, 5.41) is 2.52. The van der Waals surface area contributed by atoms with E-state index in [9.17, 15) is 0 Å². The number of thiocarbonyl (C=S) groups is 2. The molecule has 0 heterocycles. The van der Waals surface area contributed by atoms with Gasteiger partial charge >= 0.3 is 0 Å². The summed E-state index contributed by atoms with van der Waals surface area (Å²) in [5.41, 5.74) is 17.8. The van der Waals surface area contributed by atoms with Gasteiger partial charge in [-0.2, -0.15) is 0 Å². The van der Waals surface area contributed by atoms with Crippen molar-refractivity contribution in [1.29, 1.82) is 0 Å². The molecule has 0 fully saturated rings.